The Labute approximate surface area is 304 Å². The minimum absolute atomic E-state index is 0.0214. The first kappa shape index (κ1) is 38.7. The zero-order chi connectivity index (χ0) is 37.4. The predicted octanol–water partition coefficient (Wildman–Crippen LogP) is 6.74. The van der Waals surface area contributed by atoms with Gasteiger partial charge in [0.15, 0.2) is 0 Å². The number of benzene rings is 4. The Morgan fingerprint density at radius 1 is 1.02 bits per heavy atom. The van der Waals surface area contributed by atoms with Crippen LogP contribution in [-0.2, 0) is 14.8 Å². The Kier molecular flexibility index (Phi) is 12.9. The first-order chi connectivity index (χ1) is 24.9. The van der Waals surface area contributed by atoms with Crippen molar-refractivity contribution in [3.8, 4) is 5.75 Å². The summed E-state index contributed by atoms with van der Waals surface area (Å²) in [6.45, 7) is 5.63. The number of anilines is 2. The fraction of sp³-hybridized carbons (Fsp3) is 0.385. The molecule has 0 unspecified atom stereocenters. The maximum Gasteiger partial charge on any atom is 0.323 e. The van der Waals surface area contributed by atoms with Crippen LogP contribution in [0, 0.1) is 11.7 Å². The Bertz CT molecular complexity index is 1950. The van der Waals surface area contributed by atoms with Crippen LogP contribution in [0.15, 0.2) is 89.8 Å². The van der Waals surface area contributed by atoms with Gasteiger partial charge in [-0.25, -0.2) is 17.6 Å². The molecular weight excluding hydrogens is 688 g/mol. The number of aliphatic hydroxyl groups is 1. The third-order valence-corrected chi connectivity index (χ3v) is 11.1. The number of nitrogens with one attached hydrogen (secondary N) is 2. The molecule has 3 N–H and O–H groups in total. The molecule has 13 heteroatoms. The van der Waals surface area contributed by atoms with Crippen molar-refractivity contribution in [1.82, 2.24) is 9.21 Å². The molecule has 0 saturated carbocycles. The molecule has 1 heterocycles. The summed E-state index contributed by atoms with van der Waals surface area (Å²) in [6, 6.07) is 21.8. The molecular formula is C39H47FN4O7S. The molecule has 3 amide bonds. The number of rotatable bonds is 8. The number of fused-ring (bicyclic) bond motifs is 2. The van der Waals surface area contributed by atoms with E-state index < -0.39 is 39.9 Å². The van der Waals surface area contributed by atoms with Gasteiger partial charge in [0.25, 0.3) is 5.91 Å². The zero-order valence-corrected chi connectivity index (χ0v) is 30.7. The van der Waals surface area contributed by atoms with E-state index in [0.29, 0.717) is 36.6 Å². The highest BCUT2D eigenvalue weighted by atomic mass is 32.2. The van der Waals surface area contributed by atoms with Gasteiger partial charge >= 0.3 is 6.03 Å². The van der Waals surface area contributed by atoms with E-state index in [4.69, 9.17) is 9.47 Å². The molecule has 52 heavy (non-hydrogen) atoms. The maximum absolute atomic E-state index is 14.5. The average Bonchev–Trinajstić information content (AvgIpc) is 3.13. The van der Waals surface area contributed by atoms with Gasteiger partial charge in [0, 0.05) is 43.7 Å². The van der Waals surface area contributed by atoms with Crippen LogP contribution in [0.25, 0.3) is 10.8 Å². The summed E-state index contributed by atoms with van der Waals surface area (Å²) in [7, 11) is -2.52. The Morgan fingerprint density at radius 3 is 2.50 bits per heavy atom. The number of urea groups is 1. The molecule has 0 aliphatic carbocycles. The van der Waals surface area contributed by atoms with Gasteiger partial charge in [-0.15, -0.1) is 0 Å². The number of carbonyl (C=O) groups is 2. The highest BCUT2D eigenvalue weighted by molar-refractivity contribution is 7.89. The molecule has 11 nitrogen and oxygen atoms in total. The quantitative estimate of drug-likeness (QED) is 0.182. The van der Waals surface area contributed by atoms with Gasteiger partial charge in [0.2, 0.25) is 10.0 Å². The molecule has 0 radical (unpaired) electrons. The van der Waals surface area contributed by atoms with Crippen molar-refractivity contribution in [3.63, 3.8) is 0 Å². The van der Waals surface area contributed by atoms with Crippen molar-refractivity contribution in [2.24, 2.45) is 5.92 Å². The lowest BCUT2D eigenvalue weighted by atomic mass is 10.0. The molecule has 4 atom stereocenters. The Hall–Kier alpha value is -4.56. The lowest BCUT2D eigenvalue weighted by molar-refractivity contribution is -0.00834. The largest absolute Gasteiger partial charge is 0.490 e. The summed E-state index contributed by atoms with van der Waals surface area (Å²) in [5.41, 5.74) is 1.19. The summed E-state index contributed by atoms with van der Waals surface area (Å²) in [6.07, 6.45) is 1.25. The van der Waals surface area contributed by atoms with Gasteiger partial charge in [-0.05, 0) is 87.0 Å². The molecule has 4 aromatic carbocycles. The second-order valence-corrected chi connectivity index (χ2v) is 15.4. The van der Waals surface area contributed by atoms with Crippen LogP contribution >= 0.6 is 0 Å². The monoisotopic (exact) mass is 734 g/mol. The van der Waals surface area contributed by atoms with Crippen LogP contribution in [0.2, 0.25) is 0 Å². The summed E-state index contributed by atoms with van der Waals surface area (Å²) in [5, 5.41) is 17.9. The van der Waals surface area contributed by atoms with Crippen LogP contribution in [0.1, 0.15) is 50.4 Å². The number of ether oxygens (including phenoxy) is 2. The van der Waals surface area contributed by atoms with Gasteiger partial charge in [0.1, 0.15) is 11.6 Å². The maximum atomic E-state index is 14.5. The van der Waals surface area contributed by atoms with E-state index in [2.05, 4.69) is 10.6 Å². The molecule has 1 aliphatic heterocycles. The van der Waals surface area contributed by atoms with E-state index in [9.17, 15) is 27.5 Å². The lowest BCUT2D eigenvalue weighted by Gasteiger charge is -2.35. The van der Waals surface area contributed by atoms with E-state index in [1.54, 1.807) is 25.1 Å². The number of likely N-dealkylation sites (N-methyl/N-ethyl adjacent to an activating group) is 1. The third-order valence-electron chi connectivity index (χ3n) is 9.31. The fourth-order valence-electron chi connectivity index (χ4n) is 6.22. The van der Waals surface area contributed by atoms with Crippen molar-refractivity contribution in [2.45, 2.75) is 63.2 Å². The van der Waals surface area contributed by atoms with E-state index in [1.807, 2.05) is 56.3 Å². The molecule has 0 saturated heterocycles. The van der Waals surface area contributed by atoms with Gasteiger partial charge in [0.05, 0.1) is 41.0 Å². The van der Waals surface area contributed by atoms with Crippen LogP contribution in [0.5, 0.6) is 5.75 Å². The first-order valence-corrected chi connectivity index (χ1v) is 18.9. The van der Waals surface area contributed by atoms with Gasteiger partial charge in [-0.1, -0.05) is 43.3 Å². The molecule has 1 aliphatic rings. The lowest BCUT2D eigenvalue weighted by Crippen LogP contribution is -2.48. The summed E-state index contributed by atoms with van der Waals surface area (Å²) < 4.78 is 54.1. The van der Waals surface area contributed by atoms with E-state index in [0.717, 1.165) is 29.3 Å². The molecule has 4 aromatic rings. The smallest absolute Gasteiger partial charge is 0.323 e. The highest BCUT2D eigenvalue weighted by Crippen LogP contribution is 2.30. The molecule has 278 valence electrons. The van der Waals surface area contributed by atoms with Crippen LogP contribution in [0.4, 0.5) is 20.6 Å². The Morgan fingerprint density at radius 2 is 1.75 bits per heavy atom. The topological polar surface area (TPSA) is 138 Å². The zero-order valence-electron chi connectivity index (χ0n) is 29.9. The third kappa shape index (κ3) is 9.45. The number of carbonyl (C=O) groups excluding carboxylic acids is 2. The number of hydrogen-bond donors (Lipinski definition) is 3. The summed E-state index contributed by atoms with van der Waals surface area (Å²) in [5.74, 6) is -1.02. The fourth-order valence-corrected chi connectivity index (χ4v) is 7.40. The van der Waals surface area contributed by atoms with Gasteiger partial charge in [-0.3, -0.25) is 4.79 Å². The minimum Gasteiger partial charge on any atom is -0.490 e. The first-order valence-electron chi connectivity index (χ1n) is 17.5. The van der Waals surface area contributed by atoms with Crippen LogP contribution in [-0.4, -0.2) is 86.3 Å². The number of hydrogen-bond acceptors (Lipinski definition) is 7. The number of aliphatic hydroxyl groups excluding tert-OH is 1. The molecule has 0 spiro atoms. The Balaban J connectivity index is 1.41. The number of amides is 3. The molecule has 0 fully saturated rings. The standard InChI is InChI=1S/C39H47FN4O7S/c1-26-23-44(27(2)25-45)38(46)34-22-31(41-39(47)42-35-14-9-12-29-11-5-6-13-33(29)35)17-20-36(34)51-28(3)10-7-8-21-50-37(26)24-43(4)52(48,49)32-18-15-30(40)16-19-32/h5-6,9,11-20,22,26-28,37,45H,7-8,10,21,23-25H2,1-4H3,(H2,41,42,47)/t26-,27-,28-,37-/m1/s1. The summed E-state index contributed by atoms with van der Waals surface area (Å²) >= 11 is 0. The molecule has 5 rings (SSSR count). The van der Waals surface area contributed by atoms with Crippen LogP contribution < -0.4 is 15.4 Å². The van der Waals surface area contributed by atoms with Crippen LogP contribution in [0.3, 0.4) is 0 Å². The van der Waals surface area contributed by atoms with Crippen molar-refractivity contribution >= 4 is 44.1 Å². The number of sulfonamides is 1. The van der Waals surface area contributed by atoms with Crippen molar-refractivity contribution in [1.29, 1.82) is 0 Å². The van der Waals surface area contributed by atoms with E-state index in [1.165, 1.54) is 28.4 Å². The highest BCUT2D eigenvalue weighted by Gasteiger charge is 2.32. The van der Waals surface area contributed by atoms with Gasteiger partial charge < -0.3 is 30.1 Å². The average molecular weight is 735 g/mol. The number of halogens is 1. The van der Waals surface area contributed by atoms with E-state index >= 15 is 0 Å². The molecule has 0 aromatic heterocycles. The number of nitrogens with zero attached hydrogens (tertiary/aromatic N) is 2. The minimum atomic E-state index is -3.97. The SMILES string of the molecule is C[C@@H]1CCCCO[C@H](CN(C)S(=O)(=O)c2ccc(F)cc2)[C@H](C)CN([C@H](C)CO)C(=O)c2cc(NC(=O)Nc3cccc4ccccc34)ccc2O1. The van der Waals surface area contributed by atoms with Crippen molar-refractivity contribution < 1.29 is 37.0 Å². The second-order valence-electron chi connectivity index (χ2n) is 13.4. The molecule has 0 bridgehead atoms. The van der Waals surface area contributed by atoms with Crippen molar-refractivity contribution in [3.05, 3.63) is 96.3 Å². The van der Waals surface area contributed by atoms with Gasteiger partial charge in [-0.2, -0.15) is 4.31 Å². The predicted molar refractivity (Wildman–Crippen MR) is 200 cm³/mol. The second kappa shape index (κ2) is 17.3. The van der Waals surface area contributed by atoms with Crippen molar-refractivity contribution in [2.75, 3.05) is 44.0 Å². The van der Waals surface area contributed by atoms with E-state index in [-0.39, 0.29) is 42.2 Å². The summed E-state index contributed by atoms with van der Waals surface area (Å²) in [4.78, 5) is 29.1. The normalized spacial score (nSPS) is 19.7.